The first-order valence-electron chi connectivity index (χ1n) is 8.84. The van der Waals surface area contributed by atoms with Crippen LogP contribution in [-0.4, -0.2) is 62.2 Å². The summed E-state index contributed by atoms with van der Waals surface area (Å²) in [6.45, 7) is -0.0776. The first-order chi connectivity index (χ1) is 14.1. The van der Waals surface area contributed by atoms with Gasteiger partial charge in [-0.05, 0) is 30.3 Å². The highest BCUT2D eigenvalue weighted by Gasteiger charge is 2.33. The summed E-state index contributed by atoms with van der Waals surface area (Å²) in [5.74, 6) is -0.848. The van der Waals surface area contributed by atoms with Crippen molar-refractivity contribution in [3.63, 3.8) is 0 Å². The number of furan rings is 1. The molecule has 12 heteroatoms. The zero-order valence-corrected chi connectivity index (χ0v) is 16.4. The number of nitrogens with one attached hydrogen (secondary N) is 1. The molecule has 1 saturated heterocycles. The maximum atomic E-state index is 12.7. The van der Waals surface area contributed by atoms with E-state index in [-0.39, 0.29) is 49.1 Å². The van der Waals surface area contributed by atoms with E-state index in [9.17, 15) is 31.2 Å². The Morgan fingerprint density at radius 2 is 1.67 bits per heavy atom. The van der Waals surface area contributed by atoms with Gasteiger partial charge in [-0.3, -0.25) is 9.59 Å². The lowest BCUT2D eigenvalue weighted by atomic mass is 10.2. The summed E-state index contributed by atoms with van der Waals surface area (Å²) in [5, 5.41) is 2.45. The van der Waals surface area contributed by atoms with Gasteiger partial charge in [0.15, 0.2) is 0 Å². The van der Waals surface area contributed by atoms with E-state index in [1.807, 2.05) is 0 Å². The molecule has 1 fully saturated rings. The van der Waals surface area contributed by atoms with Crippen molar-refractivity contribution in [2.24, 2.45) is 0 Å². The van der Waals surface area contributed by atoms with E-state index >= 15 is 0 Å². The van der Waals surface area contributed by atoms with Crippen LogP contribution in [0.2, 0.25) is 0 Å². The van der Waals surface area contributed by atoms with Crippen LogP contribution in [0, 0.1) is 0 Å². The molecule has 2 amide bonds. The molecule has 8 nitrogen and oxygen atoms in total. The predicted molar refractivity (Wildman–Crippen MR) is 97.8 cm³/mol. The third kappa shape index (κ3) is 4.82. The van der Waals surface area contributed by atoms with Crippen LogP contribution < -0.4 is 5.32 Å². The number of benzene rings is 1. The molecule has 1 aliphatic heterocycles. The normalized spacial score (nSPS) is 15.8. The second-order valence-electron chi connectivity index (χ2n) is 6.50. The number of nitrogens with zero attached hydrogens (tertiary/aromatic N) is 2. The van der Waals surface area contributed by atoms with Crippen molar-refractivity contribution < 1.29 is 35.6 Å². The van der Waals surface area contributed by atoms with Crippen molar-refractivity contribution in [1.29, 1.82) is 0 Å². The lowest BCUT2D eigenvalue weighted by Gasteiger charge is -2.34. The van der Waals surface area contributed by atoms with Crippen LogP contribution in [0.5, 0.6) is 0 Å². The van der Waals surface area contributed by atoms with Crippen LogP contribution in [0.25, 0.3) is 0 Å². The van der Waals surface area contributed by atoms with Gasteiger partial charge in [0.25, 0.3) is 5.91 Å². The molecule has 2 heterocycles. The van der Waals surface area contributed by atoms with Crippen molar-refractivity contribution in [2.75, 3.05) is 32.7 Å². The highest BCUT2D eigenvalue weighted by molar-refractivity contribution is 7.89. The van der Waals surface area contributed by atoms with Crippen LogP contribution in [-0.2, 0) is 21.0 Å². The smallest absolute Gasteiger partial charge is 0.416 e. The third-order valence-electron chi connectivity index (χ3n) is 4.59. The van der Waals surface area contributed by atoms with Gasteiger partial charge >= 0.3 is 6.18 Å². The molecule has 0 bridgehead atoms. The average molecular weight is 445 g/mol. The topological polar surface area (TPSA) is 99.9 Å². The van der Waals surface area contributed by atoms with Crippen LogP contribution >= 0.6 is 0 Å². The van der Waals surface area contributed by atoms with E-state index in [4.69, 9.17) is 4.42 Å². The van der Waals surface area contributed by atoms with Gasteiger partial charge < -0.3 is 14.6 Å². The second kappa shape index (κ2) is 8.48. The number of carbonyl (C=O) groups excluding carboxylic acids is 2. The first kappa shape index (κ1) is 21.8. The Morgan fingerprint density at radius 1 is 1.03 bits per heavy atom. The van der Waals surface area contributed by atoms with E-state index in [1.54, 1.807) is 0 Å². The van der Waals surface area contributed by atoms with Crippen molar-refractivity contribution in [2.45, 2.75) is 11.1 Å². The van der Waals surface area contributed by atoms with Crippen molar-refractivity contribution in [1.82, 2.24) is 14.5 Å². The number of carbonyl (C=O) groups is 2. The number of rotatable bonds is 5. The van der Waals surface area contributed by atoms with E-state index in [0.29, 0.717) is 0 Å². The summed E-state index contributed by atoms with van der Waals surface area (Å²) >= 11 is 0. The zero-order chi connectivity index (χ0) is 21.9. The monoisotopic (exact) mass is 445 g/mol. The standard InChI is InChI=1S/C18H18F3N3O5S/c19-18(20,21)14-1-3-15(4-2-14)30(27,28)24-8-6-23(7-9-24)16(25)11-22-17(26)13-5-10-29-12-13/h1-5,10,12H,6-9,11H2,(H,22,26). The Hall–Kier alpha value is -2.86. The van der Waals surface area contributed by atoms with Crippen LogP contribution in [0.4, 0.5) is 13.2 Å². The van der Waals surface area contributed by atoms with Crippen molar-refractivity contribution in [3.8, 4) is 0 Å². The van der Waals surface area contributed by atoms with Gasteiger partial charge in [-0.2, -0.15) is 17.5 Å². The number of amides is 2. The zero-order valence-electron chi connectivity index (χ0n) is 15.6. The number of halogens is 3. The molecule has 0 saturated carbocycles. The Bertz CT molecular complexity index is 997. The van der Waals surface area contributed by atoms with Crippen LogP contribution in [0.3, 0.4) is 0 Å². The number of piperazine rings is 1. The molecule has 2 aromatic rings. The van der Waals surface area contributed by atoms with Crippen LogP contribution in [0.15, 0.2) is 52.2 Å². The fraction of sp³-hybridized carbons (Fsp3) is 0.333. The molecular weight excluding hydrogens is 427 g/mol. The predicted octanol–water partition coefficient (Wildman–Crippen LogP) is 1.56. The summed E-state index contributed by atoms with van der Waals surface area (Å²) < 4.78 is 69.2. The number of hydrogen-bond acceptors (Lipinski definition) is 5. The first-order valence-corrected chi connectivity index (χ1v) is 10.3. The maximum Gasteiger partial charge on any atom is 0.416 e. The molecular formula is C18H18F3N3O5S. The molecule has 162 valence electrons. The SMILES string of the molecule is O=C(NCC(=O)N1CCN(S(=O)(=O)c2ccc(C(F)(F)F)cc2)CC1)c1ccoc1. The minimum absolute atomic E-state index is 0.00915. The minimum Gasteiger partial charge on any atom is -0.472 e. The maximum absolute atomic E-state index is 12.7. The molecule has 0 radical (unpaired) electrons. The summed E-state index contributed by atoms with van der Waals surface area (Å²) in [6, 6.07) is 4.72. The average Bonchev–Trinajstić information content (AvgIpc) is 3.26. The summed E-state index contributed by atoms with van der Waals surface area (Å²) in [6.07, 6.45) is -1.99. The Kier molecular flexibility index (Phi) is 6.17. The molecule has 0 unspecified atom stereocenters. The number of hydrogen-bond donors (Lipinski definition) is 1. The Labute approximate surface area is 170 Å². The lowest BCUT2D eigenvalue weighted by Crippen LogP contribution is -2.52. The van der Waals surface area contributed by atoms with Crippen molar-refractivity contribution in [3.05, 3.63) is 54.0 Å². The molecule has 3 rings (SSSR count). The van der Waals surface area contributed by atoms with Gasteiger partial charge in [0.05, 0.1) is 28.8 Å². The van der Waals surface area contributed by atoms with Gasteiger partial charge in [-0.1, -0.05) is 0 Å². The van der Waals surface area contributed by atoms with Crippen molar-refractivity contribution >= 4 is 21.8 Å². The summed E-state index contributed by atoms with van der Waals surface area (Å²) in [7, 11) is -3.98. The van der Waals surface area contributed by atoms with Gasteiger partial charge in [0.1, 0.15) is 6.26 Å². The lowest BCUT2D eigenvalue weighted by molar-refractivity contribution is -0.137. The largest absolute Gasteiger partial charge is 0.472 e. The van der Waals surface area contributed by atoms with Crippen LogP contribution in [0.1, 0.15) is 15.9 Å². The highest BCUT2D eigenvalue weighted by Crippen LogP contribution is 2.30. The molecule has 1 aromatic heterocycles. The van der Waals surface area contributed by atoms with Gasteiger partial charge in [-0.15, -0.1) is 0 Å². The number of alkyl halides is 3. The van der Waals surface area contributed by atoms with Gasteiger partial charge in [-0.25, -0.2) is 8.42 Å². The quantitative estimate of drug-likeness (QED) is 0.753. The number of sulfonamides is 1. The minimum atomic E-state index is -4.55. The molecule has 0 aliphatic carbocycles. The summed E-state index contributed by atoms with van der Waals surface area (Å²) in [5.41, 5.74) is -0.662. The third-order valence-corrected chi connectivity index (χ3v) is 6.51. The molecule has 30 heavy (non-hydrogen) atoms. The van der Waals surface area contributed by atoms with E-state index in [2.05, 4.69) is 5.32 Å². The van der Waals surface area contributed by atoms with E-state index in [1.165, 1.54) is 23.5 Å². The molecule has 1 aliphatic rings. The highest BCUT2D eigenvalue weighted by atomic mass is 32.2. The molecule has 0 spiro atoms. The molecule has 1 N–H and O–H groups in total. The molecule has 1 aromatic carbocycles. The molecule has 0 atom stereocenters. The van der Waals surface area contributed by atoms with Gasteiger partial charge in [0, 0.05) is 26.2 Å². The Morgan fingerprint density at radius 3 is 2.20 bits per heavy atom. The fourth-order valence-electron chi connectivity index (χ4n) is 2.91. The van der Waals surface area contributed by atoms with E-state index < -0.39 is 27.7 Å². The van der Waals surface area contributed by atoms with E-state index in [0.717, 1.165) is 28.6 Å². The summed E-state index contributed by atoms with van der Waals surface area (Å²) in [4.78, 5) is 25.2. The Balaban J connectivity index is 1.55. The van der Waals surface area contributed by atoms with Gasteiger partial charge in [0.2, 0.25) is 15.9 Å². The second-order valence-corrected chi connectivity index (χ2v) is 8.44. The fourth-order valence-corrected chi connectivity index (χ4v) is 4.33.